The number of alkyl halides is 3. The van der Waals surface area contributed by atoms with Gasteiger partial charge in [0.2, 0.25) is 0 Å². The number of aromatic nitrogens is 1. The summed E-state index contributed by atoms with van der Waals surface area (Å²) in [6, 6.07) is 34.4. The summed E-state index contributed by atoms with van der Waals surface area (Å²) < 4.78 is 51.4. The molecule has 0 aliphatic carbocycles. The van der Waals surface area contributed by atoms with Crippen LogP contribution < -0.4 is 24.8 Å². The molecule has 6 aromatic rings. The maximum absolute atomic E-state index is 13.2. The molecule has 0 spiro atoms. The molecule has 70 heavy (non-hydrogen) atoms. The number of aryl methyl sites for hydroxylation is 2. The van der Waals surface area contributed by atoms with E-state index >= 15 is 0 Å². The first-order chi connectivity index (χ1) is 33.6. The molecule has 4 amide bonds. The van der Waals surface area contributed by atoms with E-state index in [0.717, 1.165) is 60.4 Å². The number of amides is 4. The average molecular weight is 976 g/mol. The Morgan fingerprint density at radius 1 is 0.557 bits per heavy atom. The quantitative estimate of drug-likeness (QED) is 0.122. The zero-order valence-corrected chi connectivity index (χ0v) is 39.9. The lowest BCUT2D eigenvalue weighted by Gasteiger charge is -2.32. The topological polar surface area (TPSA) is 139 Å². The predicted octanol–water partition coefficient (Wildman–Crippen LogP) is 11.5. The molecule has 1 aromatic heterocycles. The molecular formula is C54H53ClF3N5O7. The van der Waals surface area contributed by atoms with E-state index in [0.29, 0.717) is 66.1 Å². The number of pyridine rings is 1. The number of nitrogens with one attached hydrogen (secondary N) is 2. The number of hydrogen-bond donors (Lipinski definition) is 2. The number of halogens is 4. The van der Waals surface area contributed by atoms with Crippen LogP contribution in [0.2, 0.25) is 5.15 Å². The molecule has 0 bridgehead atoms. The fourth-order valence-electron chi connectivity index (χ4n) is 8.47. The Kier molecular flexibility index (Phi) is 16.5. The molecule has 0 radical (unpaired) electrons. The lowest BCUT2D eigenvalue weighted by molar-refractivity contribution is -0.274. The highest BCUT2D eigenvalue weighted by Crippen LogP contribution is 2.32. The number of likely N-dealkylation sites (tertiary alicyclic amines) is 2. The van der Waals surface area contributed by atoms with E-state index in [9.17, 15) is 32.3 Å². The molecule has 2 aliphatic rings. The van der Waals surface area contributed by atoms with Crippen molar-refractivity contribution in [2.45, 2.75) is 57.7 Å². The maximum Gasteiger partial charge on any atom is 0.573 e. The molecule has 16 heteroatoms. The summed E-state index contributed by atoms with van der Waals surface area (Å²) in [5.74, 6) is 1.10. The summed E-state index contributed by atoms with van der Waals surface area (Å²) in [6.45, 7) is 6.32. The van der Waals surface area contributed by atoms with Crippen LogP contribution in [0.4, 0.5) is 24.5 Å². The minimum absolute atomic E-state index is 0.0226. The van der Waals surface area contributed by atoms with E-state index in [-0.39, 0.29) is 28.4 Å². The monoisotopic (exact) mass is 975 g/mol. The van der Waals surface area contributed by atoms with Gasteiger partial charge in [-0.15, -0.1) is 13.2 Å². The second-order valence-electron chi connectivity index (χ2n) is 17.1. The zero-order valence-electron chi connectivity index (χ0n) is 39.1. The average Bonchev–Trinajstić information content (AvgIpc) is 3.37. The molecule has 0 unspecified atom stereocenters. The fraction of sp³-hybridized carbons (Fsp3) is 0.278. The highest BCUT2D eigenvalue weighted by atomic mass is 35.5. The zero-order chi connectivity index (χ0) is 50.0. The highest BCUT2D eigenvalue weighted by Gasteiger charge is 2.31. The van der Waals surface area contributed by atoms with Gasteiger partial charge in [-0.3, -0.25) is 19.2 Å². The van der Waals surface area contributed by atoms with Crippen LogP contribution in [-0.2, 0) is 0 Å². The first-order valence-electron chi connectivity index (χ1n) is 22.7. The number of ether oxygens (including phenoxy) is 3. The lowest BCUT2D eigenvalue weighted by Crippen LogP contribution is -2.38. The van der Waals surface area contributed by atoms with Gasteiger partial charge in [-0.25, -0.2) is 4.98 Å². The molecule has 2 N–H and O–H groups in total. The van der Waals surface area contributed by atoms with Gasteiger partial charge >= 0.3 is 6.36 Å². The Hall–Kier alpha value is -7.39. The highest BCUT2D eigenvalue weighted by molar-refractivity contribution is 6.29. The van der Waals surface area contributed by atoms with E-state index in [1.165, 1.54) is 35.5 Å². The van der Waals surface area contributed by atoms with Crippen molar-refractivity contribution in [2.24, 2.45) is 0 Å². The Balaban J connectivity index is 0.000000208. The first-order valence-corrected chi connectivity index (χ1v) is 23.1. The number of piperidine rings is 2. The van der Waals surface area contributed by atoms with Crippen LogP contribution >= 0.6 is 11.6 Å². The van der Waals surface area contributed by atoms with Crippen molar-refractivity contribution in [3.8, 4) is 17.2 Å². The van der Waals surface area contributed by atoms with Crippen LogP contribution in [0.25, 0.3) is 0 Å². The Morgan fingerprint density at radius 2 is 0.957 bits per heavy atom. The van der Waals surface area contributed by atoms with Gasteiger partial charge in [0.05, 0.1) is 14.2 Å². The van der Waals surface area contributed by atoms with Crippen molar-refractivity contribution >= 4 is 46.6 Å². The van der Waals surface area contributed by atoms with Gasteiger partial charge < -0.3 is 34.6 Å². The number of benzene rings is 5. The normalized spacial score (nSPS) is 14.2. The summed E-state index contributed by atoms with van der Waals surface area (Å²) in [6.07, 6.45) is 0.203. The molecular weight excluding hydrogens is 923 g/mol. The number of carbonyl (C=O) groups is 4. The Morgan fingerprint density at radius 3 is 1.36 bits per heavy atom. The number of rotatable bonds is 11. The van der Waals surface area contributed by atoms with Gasteiger partial charge in [-0.05, 0) is 159 Å². The SMILES string of the molecule is COc1ccc(C2CCN(C(=O)c3ccc(C)c(NC(=O)c4ccc(OC(F)(F)F)cc4)c3)CC2)cc1.COc1ccc(C2CCN(C(=O)c3ccc(C)c(NC(=O)c4ccnc(Cl)c4)c3)CC2)cc1. The predicted molar refractivity (Wildman–Crippen MR) is 262 cm³/mol. The van der Waals surface area contributed by atoms with Gasteiger partial charge in [0, 0.05) is 66.0 Å². The second-order valence-corrected chi connectivity index (χ2v) is 17.5. The number of hydrogen-bond acceptors (Lipinski definition) is 8. The van der Waals surface area contributed by atoms with Crippen molar-refractivity contribution in [3.63, 3.8) is 0 Å². The third-order valence-corrected chi connectivity index (χ3v) is 12.7. The number of carbonyl (C=O) groups excluding carboxylic acids is 4. The van der Waals surface area contributed by atoms with Crippen molar-refractivity contribution in [3.05, 3.63) is 177 Å². The summed E-state index contributed by atoms with van der Waals surface area (Å²) >= 11 is 5.89. The molecule has 5 aromatic carbocycles. The van der Waals surface area contributed by atoms with E-state index in [2.05, 4.69) is 44.6 Å². The van der Waals surface area contributed by atoms with Gasteiger partial charge in [-0.2, -0.15) is 0 Å². The number of methoxy groups -OCH3 is 2. The van der Waals surface area contributed by atoms with Crippen molar-refractivity contribution in [1.29, 1.82) is 0 Å². The molecule has 364 valence electrons. The summed E-state index contributed by atoms with van der Waals surface area (Å²) in [5, 5.41) is 5.88. The fourth-order valence-corrected chi connectivity index (χ4v) is 8.64. The third kappa shape index (κ3) is 13.2. The molecule has 2 fully saturated rings. The minimum atomic E-state index is -4.81. The van der Waals surface area contributed by atoms with E-state index < -0.39 is 18.0 Å². The number of nitrogens with zero attached hydrogens (tertiary/aromatic N) is 3. The Bertz CT molecular complexity index is 2790. The standard InChI is InChI=1S/C28H27F3N2O4.C26H26ClN3O3/c1-18-3-4-22(17-25(18)32-26(34)21-7-11-24(12-8-21)37-28(29,30)31)27(35)33-15-13-20(14-16-33)19-5-9-23(36-2)10-6-19;1-17-3-4-21(15-23(17)29-25(31)20-9-12-28-24(27)16-20)26(32)30-13-10-19(11-14-30)18-5-7-22(33-2)8-6-18/h3-12,17,20H,13-16H2,1-2H3,(H,32,34);3-9,12,15-16,19H,10-11,13-14H2,1-2H3,(H,29,31). The maximum atomic E-state index is 13.2. The molecule has 0 saturated carbocycles. The van der Waals surface area contributed by atoms with Crippen LogP contribution in [0.1, 0.15) is 101 Å². The molecule has 2 aliphatic heterocycles. The van der Waals surface area contributed by atoms with Crippen molar-refractivity contribution in [2.75, 3.05) is 51.0 Å². The van der Waals surface area contributed by atoms with Gasteiger partial charge in [0.1, 0.15) is 22.4 Å². The Labute approximate surface area is 409 Å². The van der Waals surface area contributed by atoms with Crippen LogP contribution in [-0.4, -0.2) is 85.2 Å². The molecule has 0 atom stereocenters. The lowest BCUT2D eigenvalue weighted by atomic mass is 9.89. The molecule has 2 saturated heterocycles. The summed E-state index contributed by atoms with van der Waals surface area (Å²) in [4.78, 5) is 59.2. The minimum Gasteiger partial charge on any atom is -0.497 e. The van der Waals surface area contributed by atoms with Crippen molar-refractivity contribution in [1.82, 2.24) is 14.8 Å². The molecule has 3 heterocycles. The molecule has 8 rings (SSSR count). The first kappa shape index (κ1) is 50.5. The van der Waals surface area contributed by atoms with Crippen molar-refractivity contribution < 1.29 is 46.6 Å². The van der Waals surface area contributed by atoms with E-state index in [1.807, 2.05) is 53.1 Å². The van der Waals surface area contributed by atoms with E-state index in [4.69, 9.17) is 21.1 Å². The van der Waals surface area contributed by atoms with Gasteiger partial charge in [0.25, 0.3) is 23.6 Å². The van der Waals surface area contributed by atoms with Crippen LogP contribution in [0.3, 0.4) is 0 Å². The third-order valence-electron chi connectivity index (χ3n) is 12.5. The summed E-state index contributed by atoms with van der Waals surface area (Å²) in [7, 11) is 3.30. The van der Waals surface area contributed by atoms with Crippen LogP contribution in [0.5, 0.6) is 17.2 Å². The van der Waals surface area contributed by atoms with Crippen LogP contribution in [0, 0.1) is 13.8 Å². The second kappa shape index (κ2) is 22.8. The summed E-state index contributed by atoms with van der Waals surface area (Å²) in [5.41, 5.74) is 6.78. The van der Waals surface area contributed by atoms with Crippen LogP contribution in [0.15, 0.2) is 128 Å². The van der Waals surface area contributed by atoms with Gasteiger partial charge in [0.15, 0.2) is 0 Å². The molecule has 12 nitrogen and oxygen atoms in total. The smallest absolute Gasteiger partial charge is 0.497 e. The van der Waals surface area contributed by atoms with E-state index in [1.54, 1.807) is 51.5 Å². The largest absolute Gasteiger partial charge is 0.573 e. The number of anilines is 2. The van der Waals surface area contributed by atoms with Gasteiger partial charge in [-0.1, -0.05) is 48.0 Å².